The Morgan fingerprint density at radius 3 is 2.76 bits per heavy atom. The standard InChI is InChI=1S/C16H13FN2O2/c1-9-18-14-5-3-10(7-13(14)16(20)19-9)12-8-11(17)4-6-15(12)21-2/h3-8H,1-2H3,(H,18,19,20). The number of aromatic amines is 1. The van der Waals surface area contributed by atoms with Crippen LogP contribution in [-0.4, -0.2) is 17.1 Å². The molecular weight excluding hydrogens is 271 g/mol. The average molecular weight is 284 g/mol. The van der Waals surface area contributed by atoms with Crippen LogP contribution in [0.4, 0.5) is 4.39 Å². The summed E-state index contributed by atoms with van der Waals surface area (Å²) in [4.78, 5) is 18.9. The van der Waals surface area contributed by atoms with Crippen LogP contribution < -0.4 is 10.3 Å². The molecule has 0 unspecified atom stereocenters. The van der Waals surface area contributed by atoms with E-state index in [1.165, 1.54) is 19.2 Å². The molecule has 3 aromatic rings. The molecule has 0 radical (unpaired) electrons. The number of H-pyrrole nitrogens is 1. The third-order valence-corrected chi connectivity index (χ3v) is 3.30. The third kappa shape index (κ3) is 2.38. The van der Waals surface area contributed by atoms with Crippen LogP contribution in [0, 0.1) is 12.7 Å². The van der Waals surface area contributed by atoms with Crippen molar-refractivity contribution in [2.45, 2.75) is 6.92 Å². The van der Waals surface area contributed by atoms with Crippen LogP contribution in [0.5, 0.6) is 5.75 Å². The van der Waals surface area contributed by atoms with E-state index in [-0.39, 0.29) is 11.4 Å². The predicted molar refractivity (Wildman–Crippen MR) is 79.0 cm³/mol. The molecule has 1 heterocycles. The molecule has 4 nitrogen and oxygen atoms in total. The van der Waals surface area contributed by atoms with Gasteiger partial charge in [-0.25, -0.2) is 9.37 Å². The van der Waals surface area contributed by atoms with E-state index >= 15 is 0 Å². The van der Waals surface area contributed by atoms with Crippen molar-refractivity contribution in [3.63, 3.8) is 0 Å². The number of nitrogens with zero attached hydrogens (tertiary/aromatic N) is 1. The van der Waals surface area contributed by atoms with Gasteiger partial charge in [-0.1, -0.05) is 6.07 Å². The number of aromatic nitrogens is 2. The molecule has 0 saturated carbocycles. The zero-order valence-corrected chi connectivity index (χ0v) is 11.6. The van der Waals surface area contributed by atoms with Crippen LogP contribution in [0.3, 0.4) is 0 Å². The Kier molecular flexibility index (Phi) is 3.17. The van der Waals surface area contributed by atoms with Gasteiger partial charge < -0.3 is 9.72 Å². The predicted octanol–water partition coefficient (Wildman–Crippen LogP) is 3.05. The number of fused-ring (bicyclic) bond motifs is 1. The minimum atomic E-state index is -0.359. The molecule has 2 aromatic carbocycles. The summed E-state index contributed by atoms with van der Waals surface area (Å²) in [7, 11) is 1.52. The fourth-order valence-electron chi connectivity index (χ4n) is 2.33. The van der Waals surface area contributed by atoms with Gasteiger partial charge in [0, 0.05) is 5.56 Å². The molecule has 0 fully saturated rings. The van der Waals surface area contributed by atoms with Gasteiger partial charge in [0.25, 0.3) is 5.56 Å². The Hall–Kier alpha value is -2.69. The summed E-state index contributed by atoms with van der Waals surface area (Å²) >= 11 is 0. The number of hydrogen-bond donors (Lipinski definition) is 1. The lowest BCUT2D eigenvalue weighted by molar-refractivity contribution is 0.415. The normalized spacial score (nSPS) is 10.8. The van der Waals surface area contributed by atoms with Crippen molar-refractivity contribution < 1.29 is 9.13 Å². The van der Waals surface area contributed by atoms with E-state index in [0.717, 1.165) is 0 Å². The van der Waals surface area contributed by atoms with Crippen molar-refractivity contribution in [1.29, 1.82) is 0 Å². The summed E-state index contributed by atoms with van der Waals surface area (Å²) in [6.45, 7) is 1.73. The van der Waals surface area contributed by atoms with Crippen LogP contribution >= 0.6 is 0 Å². The van der Waals surface area contributed by atoms with E-state index in [4.69, 9.17) is 4.74 Å². The molecule has 21 heavy (non-hydrogen) atoms. The largest absolute Gasteiger partial charge is 0.496 e. The van der Waals surface area contributed by atoms with Gasteiger partial charge in [-0.3, -0.25) is 4.79 Å². The fourth-order valence-corrected chi connectivity index (χ4v) is 2.33. The van der Waals surface area contributed by atoms with E-state index in [0.29, 0.717) is 33.6 Å². The number of benzene rings is 2. The molecular formula is C16H13FN2O2. The summed E-state index contributed by atoms with van der Waals surface area (Å²) < 4.78 is 18.7. The first-order valence-electron chi connectivity index (χ1n) is 6.43. The van der Waals surface area contributed by atoms with Crippen LogP contribution in [0.1, 0.15) is 5.82 Å². The Bertz CT molecular complexity index is 887. The summed E-state index contributed by atoms with van der Waals surface area (Å²) in [5.74, 6) is 0.748. The Morgan fingerprint density at radius 1 is 1.19 bits per heavy atom. The molecule has 1 N–H and O–H groups in total. The molecule has 0 amide bonds. The van der Waals surface area contributed by atoms with E-state index < -0.39 is 0 Å². The summed E-state index contributed by atoms with van der Waals surface area (Å²) in [5.41, 5.74) is 1.69. The zero-order valence-electron chi connectivity index (χ0n) is 11.6. The first kappa shape index (κ1) is 13.3. The first-order chi connectivity index (χ1) is 10.1. The lowest BCUT2D eigenvalue weighted by Crippen LogP contribution is -2.09. The number of aryl methyl sites for hydroxylation is 1. The van der Waals surface area contributed by atoms with Crippen molar-refractivity contribution in [3.8, 4) is 16.9 Å². The van der Waals surface area contributed by atoms with Crippen molar-refractivity contribution in [3.05, 3.63) is 58.4 Å². The number of rotatable bonds is 2. The summed E-state index contributed by atoms with van der Waals surface area (Å²) in [6.07, 6.45) is 0. The van der Waals surface area contributed by atoms with Gasteiger partial charge in [0.05, 0.1) is 18.0 Å². The van der Waals surface area contributed by atoms with E-state index in [1.54, 1.807) is 31.2 Å². The van der Waals surface area contributed by atoms with Crippen molar-refractivity contribution >= 4 is 10.9 Å². The monoisotopic (exact) mass is 284 g/mol. The van der Waals surface area contributed by atoms with Crippen LogP contribution in [0.2, 0.25) is 0 Å². The lowest BCUT2D eigenvalue weighted by atomic mass is 10.0. The second-order valence-electron chi connectivity index (χ2n) is 4.73. The number of methoxy groups -OCH3 is 1. The molecule has 1 aromatic heterocycles. The molecule has 3 rings (SSSR count). The van der Waals surface area contributed by atoms with Gasteiger partial charge in [-0.2, -0.15) is 0 Å². The van der Waals surface area contributed by atoms with Crippen molar-refractivity contribution in [1.82, 2.24) is 9.97 Å². The molecule has 5 heteroatoms. The van der Waals surface area contributed by atoms with E-state index in [2.05, 4.69) is 9.97 Å². The highest BCUT2D eigenvalue weighted by Crippen LogP contribution is 2.31. The molecule has 0 spiro atoms. The molecule has 0 aliphatic heterocycles. The number of ether oxygens (including phenoxy) is 1. The number of hydrogen-bond acceptors (Lipinski definition) is 3. The topological polar surface area (TPSA) is 55.0 Å². The highest BCUT2D eigenvalue weighted by atomic mass is 19.1. The van der Waals surface area contributed by atoms with Gasteiger partial charge in [0.15, 0.2) is 0 Å². The minimum absolute atomic E-state index is 0.213. The second-order valence-corrected chi connectivity index (χ2v) is 4.73. The van der Waals surface area contributed by atoms with E-state index in [9.17, 15) is 9.18 Å². The van der Waals surface area contributed by atoms with Gasteiger partial charge in [0.1, 0.15) is 17.4 Å². The third-order valence-electron chi connectivity index (χ3n) is 3.30. The SMILES string of the molecule is COc1ccc(F)cc1-c1ccc2nc(C)[nH]c(=O)c2c1. The van der Waals surface area contributed by atoms with Gasteiger partial charge in [-0.05, 0) is 42.8 Å². The zero-order chi connectivity index (χ0) is 15.0. The Labute approximate surface area is 120 Å². The van der Waals surface area contributed by atoms with Gasteiger partial charge in [0.2, 0.25) is 0 Å². The minimum Gasteiger partial charge on any atom is -0.496 e. The smallest absolute Gasteiger partial charge is 0.258 e. The highest BCUT2D eigenvalue weighted by molar-refractivity contribution is 5.85. The van der Waals surface area contributed by atoms with Gasteiger partial charge >= 0.3 is 0 Å². The quantitative estimate of drug-likeness (QED) is 0.787. The highest BCUT2D eigenvalue weighted by Gasteiger charge is 2.10. The van der Waals surface area contributed by atoms with Crippen molar-refractivity contribution in [2.24, 2.45) is 0 Å². The maximum Gasteiger partial charge on any atom is 0.258 e. The molecule has 0 bridgehead atoms. The Balaban J connectivity index is 2.27. The molecule has 0 aliphatic rings. The van der Waals surface area contributed by atoms with Crippen LogP contribution in [0.15, 0.2) is 41.2 Å². The van der Waals surface area contributed by atoms with Crippen LogP contribution in [0.25, 0.3) is 22.0 Å². The van der Waals surface area contributed by atoms with Gasteiger partial charge in [-0.15, -0.1) is 0 Å². The van der Waals surface area contributed by atoms with Crippen LogP contribution in [-0.2, 0) is 0 Å². The molecule has 0 aliphatic carbocycles. The van der Waals surface area contributed by atoms with Crippen molar-refractivity contribution in [2.75, 3.05) is 7.11 Å². The Morgan fingerprint density at radius 2 is 2.00 bits per heavy atom. The maximum absolute atomic E-state index is 13.5. The number of nitrogens with one attached hydrogen (secondary N) is 1. The molecule has 106 valence electrons. The first-order valence-corrected chi connectivity index (χ1v) is 6.43. The van der Waals surface area contributed by atoms with E-state index in [1.807, 2.05) is 0 Å². The number of halogens is 1. The second kappa shape index (κ2) is 5.01. The summed E-state index contributed by atoms with van der Waals surface area (Å²) in [5, 5.41) is 0.462. The fraction of sp³-hybridized carbons (Fsp3) is 0.125. The average Bonchev–Trinajstić information content (AvgIpc) is 2.47. The maximum atomic E-state index is 13.5. The lowest BCUT2D eigenvalue weighted by Gasteiger charge is -2.09. The molecule has 0 saturated heterocycles. The molecule has 0 atom stereocenters. The summed E-state index contributed by atoms with van der Waals surface area (Å²) in [6, 6.07) is 9.52.